The Morgan fingerprint density at radius 3 is 2.43 bits per heavy atom. The lowest BCUT2D eigenvalue weighted by atomic mass is 9.84. The molecule has 14 heavy (non-hydrogen) atoms. The van der Waals surface area contributed by atoms with Crippen molar-refractivity contribution in [1.29, 1.82) is 0 Å². The van der Waals surface area contributed by atoms with Crippen molar-refractivity contribution in [3.63, 3.8) is 0 Å². The molecule has 1 N–H and O–H groups in total. The molecule has 0 aliphatic rings. The highest BCUT2D eigenvalue weighted by atomic mass is 16.1. The van der Waals surface area contributed by atoms with Gasteiger partial charge in [-0.1, -0.05) is 26.8 Å². The number of rotatable bonds is 2. The van der Waals surface area contributed by atoms with E-state index in [1.165, 1.54) is 11.1 Å². The molecule has 1 amide bonds. The van der Waals surface area contributed by atoms with Crippen molar-refractivity contribution in [3.05, 3.63) is 29.3 Å². The first-order chi connectivity index (χ1) is 6.45. The van der Waals surface area contributed by atoms with Gasteiger partial charge in [0.1, 0.15) is 0 Å². The van der Waals surface area contributed by atoms with Crippen LogP contribution in [0.4, 0.5) is 5.69 Å². The normalized spacial score (nSPS) is 11.1. The summed E-state index contributed by atoms with van der Waals surface area (Å²) in [6, 6.07) is 5.98. The Balaban J connectivity index is 3.15. The van der Waals surface area contributed by atoms with Gasteiger partial charge in [-0.2, -0.15) is 0 Å². The molecule has 2 heteroatoms. The van der Waals surface area contributed by atoms with Crippen molar-refractivity contribution in [2.45, 2.75) is 33.1 Å². The fraction of sp³-hybridized carbons (Fsp3) is 0.417. The van der Waals surface area contributed by atoms with E-state index in [-0.39, 0.29) is 5.41 Å². The maximum atomic E-state index is 10.3. The molecule has 0 spiro atoms. The summed E-state index contributed by atoms with van der Waals surface area (Å²) >= 11 is 0. The first-order valence-electron chi connectivity index (χ1n) is 4.76. The maximum absolute atomic E-state index is 10.3. The number of nitrogens with one attached hydrogen (secondary N) is 1. The van der Waals surface area contributed by atoms with Gasteiger partial charge in [0.15, 0.2) is 0 Å². The molecule has 1 aromatic rings. The summed E-state index contributed by atoms with van der Waals surface area (Å²) in [5.41, 5.74) is 3.50. The highest BCUT2D eigenvalue weighted by Gasteiger charge is 2.16. The number of hydrogen-bond donors (Lipinski definition) is 1. The minimum Gasteiger partial charge on any atom is -0.329 e. The summed E-state index contributed by atoms with van der Waals surface area (Å²) in [7, 11) is 0. The minimum atomic E-state index is 0.116. The zero-order chi connectivity index (χ0) is 10.8. The topological polar surface area (TPSA) is 29.1 Å². The lowest BCUT2D eigenvalue weighted by Gasteiger charge is -2.22. The van der Waals surface area contributed by atoms with E-state index < -0.39 is 0 Å². The van der Waals surface area contributed by atoms with E-state index in [2.05, 4.69) is 33.0 Å². The van der Waals surface area contributed by atoms with Crippen LogP contribution in [0.15, 0.2) is 18.2 Å². The Bertz CT molecular complexity index is 337. The van der Waals surface area contributed by atoms with E-state index in [0.717, 1.165) is 5.69 Å². The Kier molecular flexibility index (Phi) is 2.94. The third kappa shape index (κ3) is 2.34. The zero-order valence-corrected chi connectivity index (χ0v) is 9.22. The number of carbonyl (C=O) groups is 1. The van der Waals surface area contributed by atoms with Crippen molar-refractivity contribution >= 4 is 12.1 Å². The Labute approximate surface area is 85.3 Å². The molecule has 1 rings (SSSR count). The van der Waals surface area contributed by atoms with Gasteiger partial charge in [0.05, 0.1) is 0 Å². The molecule has 0 aliphatic heterocycles. The largest absolute Gasteiger partial charge is 0.329 e. The summed E-state index contributed by atoms with van der Waals surface area (Å²) in [5.74, 6) is 0. The first-order valence-corrected chi connectivity index (χ1v) is 4.76. The Morgan fingerprint density at radius 1 is 1.29 bits per heavy atom. The molecular formula is C12H17NO. The van der Waals surface area contributed by atoms with Crippen LogP contribution in [0.5, 0.6) is 0 Å². The van der Waals surface area contributed by atoms with Crippen LogP contribution in [0, 0.1) is 6.92 Å². The van der Waals surface area contributed by atoms with Gasteiger partial charge >= 0.3 is 0 Å². The highest BCUT2D eigenvalue weighted by molar-refractivity contribution is 5.71. The summed E-state index contributed by atoms with van der Waals surface area (Å²) in [6.07, 6.45) is 0.705. The van der Waals surface area contributed by atoms with E-state index >= 15 is 0 Å². The SMILES string of the molecule is Cc1ccc(NC=O)cc1C(C)(C)C. The number of amides is 1. The van der Waals surface area contributed by atoms with Crippen LogP contribution < -0.4 is 5.32 Å². The van der Waals surface area contributed by atoms with Crippen LogP contribution in [0.2, 0.25) is 0 Å². The molecule has 2 nitrogen and oxygen atoms in total. The van der Waals surface area contributed by atoms with Crippen molar-refractivity contribution < 1.29 is 4.79 Å². The van der Waals surface area contributed by atoms with Gasteiger partial charge in [-0.15, -0.1) is 0 Å². The molecule has 0 aliphatic carbocycles. The van der Waals surface area contributed by atoms with Crippen molar-refractivity contribution in [1.82, 2.24) is 0 Å². The lowest BCUT2D eigenvalue weighted by molar-refractivity contribution is -0.105. The molecule has 0 atom stereocenters. The van der Waals surface area contributed by atoms with Crippen molar-refractivity contribution in [2.75, 3.05) is 5.32 Å². The standard InChI is InChI=1S/C12H17NO/c1-9-5-6-10(13-8-14)7-11(9)12(2,3)4/h5-8H,1-4H3,(H,13,14). The molecule has 0 heterocycles. The third-order valence-electron chi connectivity index (χ3n) is 2.27. The van der Waals surface area contributed by atoms with Gasteiger partial charge in [-0.25, -0.2) is 0 Å². The molecule has 1 aromatic carbocycles. The lowest BCUT2D eigenvalue weighted by Crippen LogP contribution is -2.13. The number of hydrogen-bond acceptors (Lipinski definition) is 1. The van der Waals surface area contributed by atoms with Crippen molar-refractivity contribution in [2.24, 2.45) is 0 Å². The number of benzene rings is 1. The number of carbonyl (C=O) groups excluding carboxylic acids is 1. The highest BCUT2D eigenvalue weighted by Crippen LogP contribution is 2.27. The summed E-state index contributed by atoms with van der Waals surface area (Å²) < 4.78 is 0. The second-order valence-electron chi connectivity index (χ2n) is 4.54. The minimum absolute atomic E-state index is 0.116. The number of aryl methyl sites for hydroxylation is 1. The molecule has 0 saturated heterocycles. The van der Waals surface area contributed by atoms with Crippen molar-refractivity contribution in [3.8, 4) is 0 Å². The van der Waals surface area contributed by atoms with Gasteiger partial charge in [0, 0.05) is 5.69 Å². The van der Waals surface area contributed by atoms with Crippen LogP contribution in [0.25, 0.3) is 0 Å². The first kappa shape index (κ1) is 10.8. The molecule has 0 bridgehead atoms. The fourth-order valence-electron chi connectivity index (χ4n) is 1.59. The summed E-state index contributed by atoms with van der Waals surface area (Å²) in [4.78, 5) is 10.3. The van der Waals surface area contributed by atoms with Crippen LogP contribution in [-0.2, 0) is 10.2 Å². The molecule has 0 radical (unpaired) electrons. The van der Waals surface area contributed by atoms with Crippen LogP contribution in [0.1, 0.15) is 31.9 Å². The molecule has 0 aromatic heterocycles. The van der Waals surface area contributed by atoms with E-state index in [9.17, 15) is 4.79 Å². The second-order valence-corrected chi connectivity index (χ2v) is 4.54. The Hall–Kier alpha value is -1.31. The van der Waals surface area contributed by atoms with Gasteiger partial charge < -0.3 is 5.32 Å². The molecule has 0 unspecified atom stereocenters. The van der Waals surface area contributed by atoms with E-state index in [1.54, 1.807) is 0 Å². The maximum Gasteiger partial charge on any atom is 0.211 e. The van der Waals surface area contributed by atoms with Gasteiger partial charge in [-0.05, 0) is 35.6 Å². The smallest absolute Gasteiger partial charge is 0.211 e. The van der Waals surface area contributed by atoms with E-state index in [4.69, 9.17) is 0 Å². The average molecular weight is 191 g/mol. The van der Waals surface area contributed by atoms with Crippen LogP contribution in [0.3, 0.4) is 0 Å². The summed E-state index contributed by atoms with van der Waals surface area (Å²) in [6.45, 7) is 8.59. The fourth-order valence-corrected chi connectivity index (χ4v) is 1.59. The molecular weight excluding hydrogens is 174 g/mol. The van der Waals surface area contributed by atoms with Gasteiger partial charge in [0.2, 0.25) is 6.41 Å². The third-order valence-corrected chi connectivity index (χ3v) is 2.27. The molecule has 0 fully saturated rings. The van der Waals surface area contributed by atoms with Crippen LogP contribution >= 0.6 is 0 Å². The zero-order valence-electron chi connectivity index (χ0n) is 9.22. The van der Waals surface area contributed by atoms with Crippen LogP contribution in [-0.4, -0.2) is 6.41 Å². The predicted octanol–water partition coefficient (Wildman–Crippen LogP) is 2.86. The van der Waals surface area contributed by atoms with E-state index in [0.29, 0.717) is 6.41 Å². The monoisotopic (exact) mass is 191 g/mol. The van der Waals surface area contributed by atoms with Gasteiger partial charge in [0.25, 0.3) is 0 Å². The van der Waals surface area contributed by atoms with E-state index in [1.807, 2.05) is 18.2 Å². The quantitative estimate of drug-likeness (QED) is 0.715. The summed E-state index contributed by atoms with van der Waals surface area (Å²) in [5, 5.41) is 2.67. The molecule has 76 valence electrons. The second kappa shape index (κ2) is 3.82. The van der Waals surface area contributed by atoms with Gasteiger partial charge in [-0.3, -0.25) is 4.79 Å². The number of anilines is 1. The predicted molar refractivity (Wildman–Crippen MR) is 59.6 cm³/mol. The molecule has 0 saturated carbocycles. The Morgan fingerprint density at radius 2 is 1.93 bits per heavy atom. The average Bonchev–Trinajstić information content (AvgIpc) is 2.07.